The highest BCUT2D eigenvalue weighted by molar-refractivity contribution is 8.00. The third-order valence-electron chi connectivity index (χ3n) is 3.35. The molecule has 0 radical (unpaired) electrons. The third kappa shape index (κ3) is 1.95. The van der Waals surface area contributed by atoms with Gasteiger partial charge < -0.3 is 5.11 Å². The summed E-state index contributed by atoms with van der Waals surface area (Å²) in [7, 11) is 0. The predicted octanol–water partition coefficient (Wildman–Crippen LogP) is 2.59. The third-order valence-corrected chi connectivity index (χ3v) is 4.73. The zero-order chi connectivity index (χ0) is 12.6. The lowest BCUT2D eigenvalue weighted by Gasteiger charge is -2.23. The number of hydrogen-bond acceptors (Lipinski definition) is 3. The van der Waals surface area contributed by atoms with Gasteiger partial charge in [0.1, 0.15) is 5.60 Å². The summed E-state index contributed by atoms with van der Waals surface area (Å²) in [6, 6.07) is 11.9. The largest absolute Gasteiger partial charge is 0.383 e. The summed E-state index contributed by atoms with van der Waals surface area (Å²) in [6.07, 6.45) is 2.55. The zero-order valence-electron chi connectivity index (χ0n) is 10.3. The van der Waals surface area contributed by atoms with E-state index in [0.717, 1.165) is 23.6 Å². The van der Waals surface area contributed by atoms with Crippen molar-refractivity contribution in [2.45, 2.75) is 24.2 Å². The van der Waals surface area contributed by atoms with Crippen LogP contribution in [0, 0.1) is 0 Å². The number of aromatic nitrogens is 2. The van der Waals surface area contributed by atoms with Crippen molar-refractivity contribution in [3.63, 3.8) is 0 Å². The molecule has 0 spiro atoms. The quantitative estimate of drug-likeness (QED) is 0.902. The summed E-state index contributed by atoms with van der Waals surface area (Å²) in [5, 5.41) is 15.6. The molecule has 1 aliphatic heterocycles. The van der Waals surface area contributed by atoms with Crippen LogP contribution in [0.5, 0.6) is 0 Å². The molecular weight excluding hydrogens is 244 g/mol. The SMILES string of the molecule is CC1CC(O)(c2ccnn2-c2ccccc2)CS1. The van der Waals surface area contributed by atoms with Crippen LogP contribution in [0.4, 0.5) is 0 Å². The lowest BCUT2D eigenvalue weighted by atomic mass is 9.96. The van der Waals surface area contributed by atoms with Crippen molar-refractivity contribution in [3.05, 3.63) is 48.3 Å². The number of nitrogens with zero attached hydrogens (tertiary/aromatic N) is 2. The van der Waals surface area contributed by atoms with Gasteiger partial charge in [0.25, 0.3) is 0 Å². The van der Waals surface area contributed by atoms with Crippen LogP contribution in [0.25, 0.3) is 5.69 Å². The van der Waals surface area contributed by atoms with Gasteiger partial charge in [-0.05, 0) is 24.6 Å². The maximum Gasteiger partial charge on any atom is 0.117 e. The molecule has 1 aromatic carbocycles. The van der Waals surface area contributed by atoms with Crippen molar-refractivity contribution < 1.29 is 5.11 Å². The van der Waals surface area contributed by atoms with Crippen LogP contribution >= 0.6 is 11.8 Å². The van der Waals surface area contributed by atoms with E-state index in [0.29, 0.717) is 5.25 Å². The maximum atomic E-state index is 10.8. The number of rotatable bonds is 2. The fourth-order valence-electron chi connectivity index (χ4n) is 2.48. The van der Waals surface area contributed by atoms with Gasteiger partial charge in [0.05, 0.1) is 11.4 Å². The van der Waals surface area contributed by atoms with E-state index >= 15 is 0 Å². The fourth-order valence-corrected chi connectivity index (χ4v) is 3.70. The lowest BCUT2D eigenvalue weighted by molar-refractivity contribution is 0.0541. The van der Waals surface area contributed by atoms with E-state index in [1.165, 1.54) is 0 Å². The van der Waals surface area contributed by atoms with Gasteiger partial charge in [-0.15, -0.1) is 0 Å². The standard InChI is InChI=1S/C14H16N2OS/c1-11-9-14(17,10-18-11)13-7-8-15-16(13)12-5-3-2-4-6-12/h2-8,11,17H,9-10H2,1H3. The summed E-state index contributed by atoms with van der Waals surface area (Å²) >= 11 is 1.82. The highest BCUT2D eigenvalue weighted by atomic mass is 32.2. The first-order valence-corrected chi connectivity index (χ1v) is 7.18. The molecule has 94 valence electrons. The van der Waals surface area contributed by atoms with Crippen LogP contribution in [0.15, 0.2) is 42.6 Å². The number of aliphatic hydroxyl groups is 1. The predicted molar refractivity (Wildman–Crippen MR) is 74.0 cm³/mol. The van der Waals surface area contributed by atoms with E-state index in [1.807, 2.05) is 52.8 Å². The Hall–Kier alpha value is -1.26. The van der Waals surface area contributed by atoms with Crippen LogP contribution in [0.1, 0.15) is 19.0 Å². The Labute approximate surface area is 111 Å². The minimum atomic E-state index is -0.754. The van der Waals surface area contributed by atoms with Crippen molar-refractivity contribution in [3.8, 4) is 5.69 Å². The van der Waals surface area contributed by atoms with Crippen LogP contribution < -0.4 is 0 Å². The van der Waals surface area contributed by atoms with Gasteiger partial charge in [0.15, 0.2) is 0 Å². The second-order valence-corrected chi connectivity index (χ2v) is 6.25. The van der Waals surface area contributed by atoms with Gasteiger partial charge in [0.2, 0.25) is 0 Å². The molecule has 18 heavy (non-hydrogen) atoms. The Kier molecular flexibility index (Phi) is 2.92. The molecule has 0 aliphatic carbocycles. The van der Waals surface area contributed by atoms with E-state index < -0.39 is 5.60 Å². The molecule has 1 fully saturated rings. The molecule has 2 atom stereocenters. The maximum absolute atomic E-state index is 10.8. The Morgan fingerprint density at radius 1 is 1.33 bits per heavy atom. The molecule has 2 aromatic rings. The van der Waals surface area contributed by atoms with Gasteiger partial charge >= 0.3 is 0 Å². The lowest BCUT2D eigenvalue weighted by Crippen LogP contribution is -2.28. The van der Waals surface area contributed by atoms with Gasteiger partial charge in [-0.1, -0.05) is 25.1 Å². The Morgan fingerprint density at radius 2 is 2.11 bits per heavy atom. The fraction of sp³-hybridized carbons (Fsp3) is 0.357. The molecule has 0 saturated carbocycles. The number of hydrogen-bond donors (Lipinski definition) is 1. The van der Waals surface area contributed by atoms with Crippen LogP contribution in [-0.2, 0) is 5.60 Å². The van der Waals surface area contributed by atoms with Gasteiger partial charge in [0, 0.05) is 17.2 Å². The molecular formula is C14H16N2OS. The van der Waals surface area contributed by atoms with Crippen molar-refractivity contribution in [1.29, 1.82) is 0 Å². The molecule has 0 amide bonds. The topological polar surface area (TPSA) is 38.1 Å². The molecule has 3 rings (SSSR count). The van der Waals surface area contributed by atoms with E-state index in [4.69, 9.17) is 0 Å². The first-order chi connectivity index (χ1) is 8.69. The van der Waals surface area contributed by atoms with E-state index in [9.17, 15) is 5.11 Å². The van der Waals surface area contributed by atoms with Crippen LogP contribution in [-0.4, -0.2) is 25.9 Å². The zero-order valence-corrected chi connectivity index (χ0v) is 11.1. The Bertz CT molecular complexity index is 540. The number of para-hydroxylation sites is 1. The monoisotopic (exact) mass is 260 g/mol. The molecule has 1 aliphatic rings. The summed E-state index contributed by atoms with van der Waals surface area (Å²) < 4.78 is 1.85. The summed E-state index contributed by atoms with van der Waals surface area (Å²) in [6.45, 7) is 2.16. The normalized spacial score (nSPS) is 27.6. The first-order valence-electron chi connectivity index (χ1n) is 6.13. The minimum absolute atomic E-state index is 0.495. The Morgan fingerprint density at radius 3 is 2.78 bits per heavy atom. The summed E-state index contributed by atoms with van der Waals surface area (Å²) in [5.41, 5.74) is 1.14. The van der Waals surface area contributed by atoms with Gasteiger partial charge in [-0.25, -0.2) is 4.68 Å². The molecule has 0 bridgehead atoms. The summed E-state index contributed by atoms with van der Waals surface area (Å²) in [4.78, 5) is 0. The Balaban J connectivity index is 2.02. The second-order valence-electron chi connectivity index (χ2n) is 4.82. The smallest absolute Gasteiger partial charge is 0.117 e. The molecule has 3 nitrogen and oxygen atoms in total. The van der Waals surface area contributed by atoms with Crippen LogP contribution in [0.3, 0.4) is 0 Å². The molecule has 1 saturated heterocycles. The summed E-state index contributed by atoms with van der Waals surface area (Å²) in [5.74, 6) is 0.743. The van der Waals surface area contributed by atoms with Crippen molar-refractivity contribution in [2.75, 3.05) is 5.75 Å². The van der Waals surface area contributed by atoms with Crippen molar-refractivity contribution >= 4 is 11.8 Å². The molecule has 2 unspecified atom stereocenters. The van der Waals surface area contributed by atoms with Crippen molar-refractivity contribution in [1.82, 2.24) is 9.78 Å². The van der Waals surface area contributed by atoms with Crippen molar-refractivity contribution in [2.24, 2.45) is 0 Å². The van der Waals surface area contributed by atoms with Gasteiger partial charge in [-0.3, -0.25) is 0 Å². The van der Waals surface area contributed by atoms with Crippen LogP contribution in [0.2, 0.25) is 0 Å². The second kappa shape index (κ2) is 4.44. The van der Waals surface area contributed by atoms with E-state index in [2.05, 4.69) is 12.0 Å². The average Bonchev–Trinajstić information content (AvgIpc) is 2.98. The highest BCUT2D eigenvalue weighted by Crippen LogP contribution is 2.41. The first kappa shape index (κ1) is 11.8. The molecule has 1 N–H and O–H groups in total. The van der Waals surface area contributed by atoms with Gasteiger partial charge in [-0.2, -0.15) is 16.9 Å². The highest BCUT2D eigenvalue weighted by Gasteiger charge is 2.40. The van der Waals surface area contributed by atoms with E-state index in [-0.39, 0.29) is 0 Å². The molecule has 1 aromatic heterocycles. The number of benzene rings is 1. The minimum Gasteiger partial charge on any atom is -0.383 e. The van der Waals surface area contributed by atoms with E-state index in [1.54, 1.807) is 6.20 Å². The molecule has 4 heteroatoms. The average molecular weight is 260 g/mol. The number of thioether (sulfide) groups is 1. The molecule has 2 heterocycles.